The third kappa shape index (κ3) is 5.89. The molecule has 1 atom stereocenters. The molecule has 1 saturated heterocycles. The Balaban J connectivity index is 1.73. The van der Waals surface area contributed by atoms with Crippen LogP contribution in [0.4, 0.5) is 0 Å². The third-order valence-electron chi connectivity index (χ3n) is 5.31. The number of likely N-dealkylation sites (N-methyl/N-ethyl adjacent to an activating group) is 1. The predicted molar refractivity (Wildman–Crippen MR) is 118 cm³/mol. The fourth-order valence-corrected chi connectivity index (χ4v) is 4.55. The molecule has 1 aliphatic heterocycles. The van der Waals surface area contributed by atoms with E-state index in [-0.39, 0.29) is 16.8 Å². The molecule has 1 heterocycles. The number of nitrogens with one attached hydrogen (secondary N) is 2. The summed E-state index contributed by atoms with van der Waals surface area (Å²) < 4.78 is 26.7. The van der Waals surface area contributed by atoms with Crippen molar-refractivity contribution in [2.75, 3.05) is 46.3 Å². The van der Waals surface area contributed by atoms with Crippen molar-refractivity contribution in [3.05, 3.63) is 65.7 Å². The first-order valence-electron chi connectivity index (χ1n) is 10.3. The van der Waals surface area contributed by atoms with Gasteiger partial charge in [-0.05, 0) is 36.9 Å². The van der Waals surface area contributed by atoms with E-state index in [0.29, 0.717) is 12.1 Å². The molecule has 30 heavy (non-hydrogen) atoms. The Labute approximate surface area is 179 Å². The van der Waals surface area contributed by atoms with Gasteiger partial charge in [0.15, 0.2) is 0 Å². The topological polar surface area (TPSA) is 81.7 Å². The van der Waals surface area contributed by atoms with Crippen LogP contribution in [-0.2, 0) is 10.0 Å². The Morgan fingerprint density at radius 3 is 2.23 bits per heavy atom. The largest absolute Gasteiger partial charge is 0.344 e. The van der Waals surface area contributed by atoms with Crippen molar-refractivity contribution in [2.45, 2.75) is 17.9 Å². The Bertz CT molecular complexity index is 925. The zero-order valence-corrected chi connectivity index (χ0v) is 18.4. The van der Waals surface area contributed by atoms with Gasteiger partial charge in [0.25, 0.3) is 5.91 Å². The lowest BCUT2D eigenvalue weighted by Gasteiger charge is -2.35. The van der Waals surface area contributed by atoms with Crippen molar-refractivity contribution in [2.24, 2.45) is 0 Å². The van der Waals surface area contributed by atoms with Crippen molar-refractivity contribution < 1.29 is 13.2 Å². The lowest BCUT2D eigenvalue weighted by Crippen LogP contribution is -2.47. The van der Waals surface area contributed by atoms with E-state index in [9.17, 15) is 13.2 Å². The standard InChI is InChI=1S/C22H30N4O3S/c1-3-23-30(28,29)20-11-9-19(10-12-20)22(27)24-21(18-7-5-4-6-8-18)17-26-15-13-25(2)14-16-26/h4-12,21,23H,3,13-17H2,1-2H3,(H,24,27). The van der Waals surface area contributed by atoms with Gasteiger partial charge in [-0.15, -0.1) is 0 Å². The second-order valence-corrected chi connectivity index (χ2v) is 9.33. The molecule has 8 heteroatoms. The Morgan fingerprint density at radius 2 is 1.63 bits per heavy atom. The second-order valence-electron chi connectivity index (χ2n) is 7.57. The summed E-state index contributed by atoms with van der Waals surface area (Å²) in [4.78, 5) is 17.7. The van der Waals surface area contributed by atoms with Gasteiger partial charge in [0.05, 0.1) is 10.9 Å². The maximum atomic E-state index is 12.9. The number of amides is 1. The first-order chi connectivity index (χ1) is 14.4. The van der Waals surface area contributed by atoms with Crippen LogP contribution < -0.4 is 10.0 Å². The smallest absolute Gasteiger partial charge is 0.251 e. The van der Waals surface area contributed by atoms with Gasteiger partial charge in [-0.1, -0.05) is 37.3 Å². The molecule has 0 bridgehead atoms. The van der Waals surface area contributed by atoms with Crippen molar-refractivity contribution in [3.8, 4) is 0 Å². The molecule has 3 rings (SSSR count). The highest BCUT2D eigenvalue weighted by Gasteiger charge is 2.22. The molecular formula is C22H30N4O3S. The molecule has 0 radical (unpaired) electrons. The van der Waals surface area contributed by atoms with Crippen molar-refractivity contribution in [1.29, 1.82) is 0 Å². The molecule has 0 aliphatic carbocycles. The number of hydrogen-bond donors (Lipinski definition) is 2. The minimum atomic E-state index is -3.53. The van der Waals surface area contributed by atoms with Gasteiger partial charge in [0.2, 0.25) is 10.0 Å². The van der Waals surface area contributed by atoms with E-state index < -0.39 is 10.0 Å². The van der Waals surface area contributed by atoms with E-state index in [4.69, 9.17) is 0 Å². The molecule has 0 aromatic heterocycles. The van der Waals surface area contributed by atoms with E-state index in [1.165, 1.54) is 12.1 Å². The minimum Gasteiger partial charge on any atom is -0.344 e. The van der Waals surface area contributed by atoms with Gasteiger partial charge in [-0.2, -0.15) is 0 Å². The zero-order valence-electron chi connectivity index (χ0n) is 17.5. The normalized spacial score (nSPS) is 16.9. The summed E-state index contributed by atoms with van der Waals surface area (Å²) in [6.07, 6.45) is 0. The fourth-order valence-electron chi connectivity index (χ4n) is 3.51. The summed E-state index contributed by atoms with van der Waals surface area (Å²) in [6.45, 7) is 6.73. The predicted octanol–water partition coefficient (Wildman–Crippen LogP) is 1.70. The van der Waals surface area contributed by atoms with E-state index in [2.05, 4.69) is 26.9 Å². The number of rotatable bonds is 8. The minimum absolute atomic E-state index is 0.146. The molecule has 2 aromatic carbocycles. The van der Waals surface area contributed by atoms with Gasteiger partial charge in [0, 0.05) is 44.8 Å². The van der Waals surface area contributed by atoms with Crippen LogP contribution in [0.3, 0.4) is 0 Å². The van der Waals surface area contributed by atoms with E-state index >= 15 is 0 Å². The third-order valence-corrected chi connectivity index (χ3v) is 6.87. The fraction of sp³-hybridized carbons (Fsp3) is 0.409. The van der Waals surface area contributed by atoms with Crippen LogP contribution in [0.2, 0.25) is 0 Å². The summed E-state index contributed by atoms with van der Waals surface area (Å²) in [6, 6.07) is 15.8. The van der Waals surface area contributed by atoms with Crippen LogP contribution in [0, 0.1) is 0 Å². The second kappa shape index (κ2) is 10.2. The highest BCUT2D eigenvalue weighted by Crippen LogP contribution is 2.17. The maximum absolute atomic E-state index is 12.9. The summed E-state index contributed by atoms with van der Waals surface area (Å²) in [5.74, 6) is -0.217. The number of nitrogens with zero attached hydrogens (tertiary/aromatic N) is 2. The van der Waals surface area contributed by atoms with Gasteiger partial charge < -0.3 is 10.2 Å². The molecule has 1 unspecified atom stereocenters. The molecule has 0 spiro atoms. The SMILES string of the molecule is CCNS(=O)(=O)c1ccc(C(=O)NC(CN2CCN(C)CC2)c2ccccc2)cc1. The number of hydrogen-bond acceptors (Lipinski definition) is 5. The Morgan fingerprint density at radius 1 is 1.00 bits per heavy atom. The van der Waals surface area contributed by atoms with Gasteiger partial charge >= 0.3 is 0 Å². The van der Waals surface area contributed by atoms with Crippen LogP contribution in [0.15, 0.2) is 59.5 Å². The van der Waals surface area contributed by atoms with E-state index in [0.717, 1.165) is 38.3 Å². The first-order valence-corrected chi connectivity index (χ1v) is 11.7. The first kappa shape index (κ1) is 22.4. The molecule has 162 valence electrons. The number of piperazine rings is 1. The summed E-state index contributed by atoms with van der Waals surface area (Å²) in [5, 5.41) is 3.13. The number of sulfonamides is 1. The van der Waals surface area contributed by atoms with Crippen LogP contribution in [0.1, 0.15) is 28.9 Å². The Kier molecular flexibility index (Phi) is 7.60. The maximum Gasteiger partial charge on any atom is 0.251 e. The molecule has 0 saturated carbocycles. The van der Waals surface area contributed by atoms with Crippen LogP contribution in [0.25, 0.3) is 0 Å². The average molecular weight is 431 g/mol. The van der Waals surface area contributed by atoms with Gasteiger partial charge in [0.1, 0.15) is 0 Å². The summed E-state index contributed by atoms with van der Waals surface area (Å²) in [7, 11) is -1.42. The van der Waals surface area contributed by atoms with Crippen molar-refractivity contribution in [3.63, 3.8) is 0 Å². The molecular weight excluding hydrogens is 400 g/mol. The van der Waals surface area contributed by atoms with E-state index in [1.54, 1.807) is 19.1 Å². The molecule has 7 nitrogen and oxygen atoms in total. The zero-order chi connectivity index (χ0) is 21.6. The molecule has 2 N–H and O–H groups in total. The molecule has 2 aromatic rings. The van der Waals surface area contributed by atoms with Crippen LogP contribution in [0.5, 0.6) is 0 Å². The quantitative estimate of drug-likeness (QED) is 0.666. The highest BCUT2D eigenvalue weighted by atomic mass is 32.2. The molecule has 1 amide bonds. The van der Waals surface area contributed by atoms with Crippen LogP contribution >= 0.6 is 0 Å². The number of carbonyl (C=O) groups excluding carboxylic acids is 1. The lowest BCUT2D eigenvalue weighted by atomic mass is 10.0. The average Bonchev–Trinajstić information content (AvgIpc) is 2.75. The van der Waals surface area contributed by atoms with Crippen molar-refractivity contribution in [1.82, 2.24) is 19.8 Å². The summed E-state index contributed by atoms with van der Waals surface area (Å²) >= 11 is 0. The highest BCUT2D eigenvalue weighted by molar-refractivity contribution is 7.89. The van der Waals surface area contributed by atoms with Crippen LogP contribution in [-0.4, -0.2) is 70.4 Å². The monoisotopic (exact) mass is 430 g/mol. The van der Waals surface area contributed by atoms with Gasteiger partial charge in [-0.3, -0.25) is 9.69 Å². The van der Waals surface area contributed by atoms with E-state index in [1.807, 2.05) is 30.3 Å². The molecule has 1 fully saturated rings. The Hall–Kier alpha value is -2.26. The lowest BCUT2D eigenvalue weighted by molar-refractivity contribution is 0.0907. The van der Waals surface area contributed by atoms with Crippen molar-refractivity contribution >= 4 is 15.9 Å². The number of benzene rings is 2. The number of carbonyl (C=O) groups is 1. The molecule has 1 aliphatic rings. The summed E-state index contributed by atoms with van der Waals surface area (Å²) in [5.41, 5.74) is 1.49. The van der Waals surface area contributed by atoms with Gasteiger partial charge in [-0.25, -0.2) is 13.1 Å².